The molecule has 1 aromatic carbocycles. The summed E-state index contributed by atoms with van der Waals surface area (Å²) in [6, 6.07) is 6.19. The average molecular weight is 343 g/mol. The molecule has 0 spiro atoms. The number of anilines is 1. The number of hydrogen-bond donors (Lipinski definition) is 0. The van der Waals surface area contributed by atoms with Crippen molar-refractivity contribution in [2.75, 3.05) is 4.90 Å². The Morgan fingerprint density at radius 2 is 1.67 bits per heavy atom. The van der Waals surface area contributed by atoms with Crippen LogP contribution in [0.5, 0.6) is 0 Å². The summed E-state index contributed by atoms with van der Waals surface area (Å²) in [4.78, 5) is 25.4. The summed E-state index contributed by atoms with van der Waals surface area (Å²) in [5, 5.41) is 8.26. The third-order valence-corrected chi connectivity index (χ3v) is 3.84. The van der Waals surface area contributed by atoms with Crippen LogP contribution in [0.3, 0.4) is 0 Å². The zero-order chi connectivity index (χ0) is 15.1. The first-order valence-electron chi connectivity index (χ1n) is 5.81. The van der Waals surface area contributed by atoms with Gasteiger partial charge in [-0.3, -0.25) is 14.5 Å². The number of Topliss-reactive ketones (excluding diaryl/α,β-unsaturated/α-hetero) is 1. The summed E-state index contributed by atoms with van der Waals surface area (Å²) in [5.41, 5.74) is 0.899. The van der Waals surface area contributed by atoms with E-state index in [1.807, 2.05) is 0 Å². The summed E-state index contributed by atoms with van der Waals surface area (Å²) in [6.07, 6.45) is 0. The van der Waals surface area contributed by atoms with Crippen LogP contribution in [0.25, 0.3) is 0 Å². The maximum atomic E-state index is 12.1. The van der Waals surface area contributed by atoms with Gasteiger partial charge in [-0.2, -0.15) is 5.10 Å². The molecule has 2 heterocycles. The lowest BCUT2D eigenvalue weighted by Gasteiger charge is -2.17. The van der Waals surface area contributed by atoms with E-state index < -0.39 is 11.7 Å². The van der Waals surface area contributed by atoms with Crippen LogP contribution in [0.15, 0.2) is 24.3 Å². The van der Waals surface area contributed by atoms with E-state index in [0.29, 0.717) is 11.4 Å². The summed E-state index contributed by atoms with van der Waals surface area (Å²) >= 11 is 17.7. The molecular formula is C13H6Cl3N3O2. The number of amides is 1. The van der Waals surface area contributed by atoms with E-state index in [4.69, 9.17) is 34.8 Å². The van der Waals surface area contributed by atoms with E-state index in [1.165, 1.54) is 17.0 Å². The van der Waals surface area contributed by atoms with Gasteiger partial charge in [-0.05, 0) is 24.3 Å². The number of carbonyl (C=O) groups excluding carboxylic acids is 2. The van der Waals surface area contributed by atoms with Gasteiger partial charge in [-0.15, -0.1) is 5.10 Å². The Morgan fingerprint density at radius 3 is 2.33 bits per heavy atom. The first-order valence-corrected chi connectivity index (χ1v) is 6.94. The van der Waals surface area contributed by atoms with Crippen molar-refractivity contribution in [3.8, 4) is 0 Å². The van der Waals surface area contributed by atoms with Crippen molar-refractivity contribution in [2.24, 2.45) is 0 Å². The zero-order valence-corrected chi connectivity index (χ0v) is 12.6. The topological polar surface area (TPSA) is 63.2 Å². The molecule has 1 amide bonds. The first kappa shape index (κ1) is 14.3. The monoisotopic (exact) mass is 341 g/mol. The number of benzene rings is 1. The van der Waals surface area contributed by atoms with Crippen LogP contribution in [-0.4, -0.2) is 21.9 Å². The molecule has 2 aromatic rings. The number of hydrogen-bond acceptors (Lipinski definition) is 4. The molecule has 8 heteroatoms. The van der Waals surface area contributed by atoms with Gasteiger partial charge in [0, 0.05) is 0 Å². The second-order valence-corrected chi connectivity index (χ2v) is 5.52. The van der Waals surface area contributed by atoms with E-state index in [0.717, 1.165) is 0 Å². The second kappa shape index (κ2) is 5.26. The third-order valence-electron chi connectivity index (χ3n) is 3.02. The van der Waals surface area contributed by atoms with Crippen LogP contribution in [0.4, 0.5) is 5.69 Å². The molecular weight excluding hydrogens is 337 g/mol. The van der Waals surface area contributed by atoms with E-state index >= 15 is 0 Å². The SMILES string of the molecule is O=C1C(=O)N(Cc2ccc(Cl)nn2)c2c(Cl)ccc(Cl)c21. The molecule has 0 atom stereocenters. The third kappa shape index (κ3) is 2.37. The molecule has 0 N–H and O–H groups in total. The Balaban J connectivity index is 2.05. The van der Waals surface area contributed by atoms with Crippen molar-refractivity contribution in [1.82, 2.24) is 10.2 Å². The average Bonchev–Trinajstić information content (AvgIpc) is 2.71. The Kier molecular flexibility index (Phi) is 3.57. The van der Waals surface area contributed by atoms with Gasteiger partial charge in [0.15, 0.2) is 5.15 Å². The molecule has 0 saturated carbocycles. The highest BCUT2D eigenvalue weighted by atomic mass is 35.5. The van der Waals surface area contributed by atoms with Crippen molar-refractivity contribution in [3.63, 3.8) is 0 Å². The molecule has 1 aromatic heterocycles. The first-order chi connectivity index (χ1) is 9.99. The number of aromatic nitrogens is 2. The van der Waals surface area contributed by atoms with E-state index in [9.17, 15) is 9.59 Å². The van der Waals surface area contributed by atoms with Crippen LogP contribution < -0.4 is 4.90 Å². The minimum absolute atomic E-state index is 0.0573. The highest BCUT2D eigenvalue weighted by molar-refractivity contribution is 6.56. The Bertz CT molecular complexity index is 762. The molecule has 0 aliphatic carbocycles. The molecule has 106 valence electrons. The second-order valence-electron chi connectivity index (χ2n) is 4.32. The van der Waals surface area contributed by atoms with Gasteiger partial charge < -0.3 is 0 Å². The summed E-state index contributed by atoms with van der Waals surface area (Å²) in [5.74, 6) is -1.38. The quantitative estimate of drug-likeness (QED) is 0.786. The van der Waals surface area contributed by atoms with Gasteiger partial charge >= 0.3 is 0 Å². The van der Waals surface area contributed by atoms with Crippen LogP contribution in [0.1, 0.15) is 16.1 Å². The molecule has 3 rings (SSSR count). The van der Waals surface area contributed by atoms with Crippen molar-refractivity contribution in [1.29, 1.82) is 0 Å². The summed E-state index contributed by atoms with van der Waals surface area (Å²) in [6.45, 7) is 0.0573. The van der Waals surface area contributed by atoms with Gasteiger partial charge in [-0.25, -0.2) is 0 Å². The van der Waals surface area contributed by atoms with Crippen molar-refractivity contribution in [2.45, 2.75) is 6.54 Å². The molecule has 1 aliphatic rings. The van der Waals surface area contributed by atoms with Gasteiger partial charge in [-0.1, -0.05) is 34.8 Å². The Hall–Kier alpha value is -1.69. The molecule has 0 bridgehead atoms. The Morgan fingerprint density at radius 1 is 0.952 bits per heavy atom. The molecule has 5 nitrogen and oxygen atoms in total. The highest BCUT2D eigenvalue weighted by Gasteiger charge is 2.39. The smallest absolute Gasteiger partial charge is 0.297 e. The van der Waals surface area contributed by atoms with Crippen LogP contribution in [0.2, 0.25) is 15.2 Å². The number of nitrogens with zero attached hydrogens (tertiary/aromatic N) is 3. The van der Waals surface area contributed by atoms with Gasteiger partial charge in [0.05, 0.1) is 33.5 Å². The van der Waals surface area contributed by atoms with Crippen molar-refractivity contribution >= 4 is 52.2 Å². The molecule has 1 aliphatic heterocycles. The van der Waals surface area contributed by atoms with Crippen molar-refractivity contribution in [3.05, 3.63) is 50.7 Å². The number of fused-ring (bicyclic) bond motifs is 1. The van der Waals surface area contributed by atoms with Gasteiger partial charge in [0.2, 0.25) is 0 Å². The predicted molar refractivity (Wildman–Crippen MR) is 79.0 cm³/mol. The maximum Gasteiger partial charge on any atom is 0.299 e. The minimum atomic E-state index is -0.697. The lowest BCUT2D eigenvalue weighted by molar-refractivity contribution is -0.114. The molecule has 0 radical (unpaired) electrons. The molecule has 21 heavy (non-hydrogen) atoms. The standard InChI is InChI=1S/C13H6Cl3N3O2/c14-7-2-3-8(15)11-10(7)12(20)13(21)19(11)5-6-1-4-9(16)18-17-6/h1-4H,5H2. The maximum absolute atomic E-state index is 12.1. The van der Waals surface area contributed by atoms with Gasteiger partial charge in [0.25, 0.3) is 11.7 Å². The molecule has 0 saturated heterocycles. The predicted octanol–water partition coefficient (Wildman–Crippen LogP) is 3.17. The number of rotatable bonds is 2. The summed E-state index contributed by atoms with van der Waals surface area (Å²) in [7, 11) is 0. The number of halogens is 3. The fraction of sp³-hybridized carbons (Fsp3) is 0.0769. The Labute approximate surface area is 134 Å². The van der Waals surface area contributed by atoms with Gasteiger partial charge in [0.1, 0.15) is 0 Å². The van der Waals surface area contributed by atoms with E-state index in [1.54, 1.807) is 12.1 Å². The number of carbonyl (C=O) groups is 2. The largest absolute Gasteiger partial charge is 0.299 e. The van der Waals surface area contributed by atoms with Crippen LogP contribution in [-0.2, 0) is 11.3 Å². The van der Waals surface area contributed by atoms with Crippen LogP contribution in [0, 0.1) is 0 Å². The molecule has 0 fully saturated rings. The lowest BCUT2D eigenvalue weighted by Crippen LogP contribution is -2.29. The van der Waals surface area contributed by atoms with Crippen molar-refractivity contribution < 1.29 is 9.59 Å². The van der Waals surface area contributed by atoms with E-state index in [2.05, 4.69) is 10.2 Å². The fourth-order valence-electron chi connectivity index (χ4n) is 2.09. The lowest BCUT2D eigenvalue weighted by atomic mass is 10.1. The number of ketones is 1. The zero-order valence-electron chi connectivity index (χ0n) is 10.3. The fourth-order valence-corrected chi connectivity index (χ4v) is 2.69. The van der Waals surface area contributed by atoms with E-state index in [-0.39, 0.29) is 27.3 Å². The summed E-state index contributed by atoms with van der Waals surface area (Å²) < 4.78 is 0. The molecule has 0 unspecified atom stereocenters. The van der Waals surface area contributed by atoms with Crippen LogP contribution >= 0.6 is 34.8 Å². The highest BCUT2D eigenvalue weighted by Crippen LogP contribution is 2.40. The minimum Gasteiger partial charge on any atom is -0.297 e. The normalized spacial score (nSPS) is 13.8.